The second kappa shape index (κ2) is 10.1. The summed E-state index contributed by atoms with van der Waals surface area (Å²) in [6.07, 6.45) is -0.834. The Labute approximate surface area is 190 Å². The van der Waals surface area contributed by atoms with Crippen molar-refractivity contribution >= 4 is 29.1 Å². The molecule has 0 fully saturated rings. The lowest BCUT2D eigenvalue weighted by molar-refractivity contribution is 0.0406. The summed E-state index contributed by atoms with van der Waals surface area (Å²) in [4.78, 5) is 12.2. The molecule has 0 aliphatic rings. The van der Waals surface area contributed by atoms with Gasteiger partial charge in [-0.2, -0.15) is 5.06 Å². The highest BCUT2D eigenvalue weighted by atomic mass is 32.1. The monoisotopic (exact) mass is 443 g/mol. The second-order valence-corrected chi connectivity index (χ2v) is 9.81. The number of hydrogen-bond acceptors (Lipinski definition) is 4. The molecule has 2 aromatic rings. The molecule has 0 unspecified atom stereocenters. The summed E-state index contributed by atoms with van der Waals surface area (Å²) < 4.78 is 5.23. The summed E-state index contributed by atoms with van der Waals surface area (Å²) in [5.41, 5.74) is 2.87. The van der Waals surface area contributed by atoms with E-state index in [1.54, 1.807) is 32.9 Å². The van der Waals surface area contributed by atoms with Crippen LogP contribution in [0.15, 0.2) is 48.5 Å². The van der Waals surface area contributed by atoms with Crippen molar-refractivity contribution in [2.45, 2.75) is 65.6 Å². The highest BCUT2D eigenvalue weighted by molar-refractivity contribution is 7.80. The Bertz CT molecular complexity index is 900. The Morgan fingerprint density at radius 1 is 0.968 bits per heavy atom. The number of benzene rings is 2. The molecule has 0 aliphatic heterocycles. The fraction of sp³-hybridized carbons (Fsp3) is 0.417. The fourth-order valence-corrected chi connectivity index (χ4v) is 2.96. The highest BCUT2D eigenvalue weighted by Crippen LogP contribution is 2.23. The van der Waals surface area contributed by atoms with Gasteiger partial charge in [0.1, 0.15) is 5.60 Å². The van der Waals surface area contributed by atoms with Crippen LogP contribution in [0.25, 0.3) is 0 Å². The molecular formula is C24H33N3O3S. The van der Waals surface area contributed by atoms with Crippen molar-refractivity contribution in [3.63, 3.8) is 0 Å². The minimum Gasteiger partial charge on any atom is -0.442 e. The molecule has 0 bridgehead atoms. The average Bonchev–Trinajstić information content (AvgIpc) is 2.68. The van der Waals surface area contributed by atoms with E-state index < -0.39 is 11.7 Å². The molecule has 168 valence electrons. The van der Waals surface area contributed by atoms with Gasteiger partial charge >= 0.3 is 6.09 Å². The lowest BCUT2D eigenvalue weighted by atomic mass is 9.87. The number of anilines is 1. The summed E-state index contributed by atoms with van der Waals surface area (Å²) in [5.74, 6) is 0. The smallest absolute Gasteiger partial charge is 0.439 e. The minimum absolute atomic E-state index is 0.121. The van der Waals surface area contributed by atoms with Crippen LogP contribution >= 0.6 is 12.2 Å². The molecule has 0 atom stereocenters. The Kier molecular flexibility index (Phi) is 8.03. The third kappa shape index (κ3) is 7.84. The van der Waals surface area contributed by atoms with Crippen LogP contribution in [-0.4, -0.2) is 22.0 Å². The van der Waals surface area contributed by atoms with Gasteiger partial charge in [-0.05, 0) is 61.2 Å². The number of carbonyl (C=O) groups is 1. The molecule has 1 amide bonds. The van der Waals surface area contributed by atoms with Crippen molar-refractivity contribution in [1.82, 2.24) is 10.6 Å². The zero-order valence-electron chi connectivity index (χ0n) is 19.2. The van der Waals surface area contributed by atoms with Gasteiger partial charge in [-0.25, -0.2) is 4.79 Å². The molecule has 0 saturated carbocycles. The predicted octanol–water partition coefficient (Wildman–Crippen LogP) is 5.28. The molecule has 0 spiro atoms. The van der Waals surface area contributed by atoms with Crippen LogP contribution in [0.5, 0.6) is 0 Å². The number of ether oxygens (including phenoxy) is 1. The number of amides is 1. The lowest BCUT2D eigenvalue weighted by Crippen LogP contribution is -2.37. The Morgan fingerprint density at radius 2 is 1.55 bits per heavy atom. The van der Waals surface area contributed by atoms with Crippen molar-refractivity contribution in [2.75, 3.05) is 5.06 Å². The average molecular weight is 444 g/mol. The number of hydroxylamine groups is 1. The van der Waals surface area contributed by atoms with Crippen LogP contribution in [-0.2, 0) is 23.2 Å². The number of hydrogen-bond donors (Lipinski definition) is 3. The zero-order valence-corrected chi connectivity index (χ0v) is 20.0. The third-order valence-corrected chi connectivity index (χ3v) is 4.79. The zero-order chi connectivity index (χ0) is 23.2. The quantitative estimate of drug-likeness (QED) is 0.332. The van der Waals surface area contributed by atoms with E-state index in [9.17, 15) is 10.0 Å². The molecule has 7 heteroatoms. The van der Waals surface area contributed by atoms with E-state index in [2.05, 4.69) is 55.7 Å². The van der Waals surface area contributed by atoms with E-state index >= 15 is 0 Å². The maximum absolute atomic E-state index is 12.2. The Morgan fingerprint density at radius 3 is 2.13 bits per heavy atom. The van der Waals surface area contributed by atoms with Crippen LogP contribution < -0.4 is 15.7 Å². The Balaban J connectivity index is 1.93. The van der Waals surface area contributed by atoms with Crippen molar-refractivity contribution in [1.29, 1.82) is 0 Å². The fourth-order valence-electron chi connectivity index (χ4n) is 2.81. The minimum atomic E-state index is -0.834. The molecule has 0 heterocycles. The summed E-state index contributed by atoms with van der Waals surface area (Å²) >= 11 is 5.38. The van der Waals surface area contributed by atoms with Gasteiger partial charge in [0.25, 0.3) is 0 Å². The van der Waals surface area contributed by atoms with Crippen LogP contribution in [0.1, 0.15) is 58.2 Å². The first kappa shape index (κ1) is 24.6. The summed E-state index contributed by atoms with van der Waals surface area (Å²) in [7, 11) is 0. The van der Waals surface area contributed by atoms with Crippen molar-refractivity contribution in [3.8, 4) is 0 Å². The summed E-state index contributed by atoms with van der Waals surface area (Å²) in [6.45, 7) is 12.7. The molecule has 31 heavy (non-hydrogen) atoms. The number of carbonyl (C=O) groups excluding carboxylic acids is 1. The van der Waals surface area contributed by atoms with Gasteiger partial charge in [0, 0.05) is 13.1 Å². The van der Waals surface area contributed by atoms with Gasteiger partial charge in [-0.15, -0.1) is 0 Å². The molecule has 0 aliphatic carbocycles. The SMILES string of the molecule is CC(C)(C)OC(=O)N(O)c1ccccc1CNC(=S)NCc1ccc(C(C)(C)C)cc1. The van der Waals surface area contributed by atoms with E-state index in [1.165, 1.54) is 5.56 Å². The second-order valence-electron chi connectivity index (χ2n) is 9.40. The van der Waals surface area contributed by atoms with Gasteiger partial charge in [0.05, 0.1) is 5.69 Å². The van der Waals surface area contributed by atoms with Crippen molar-refractivity contribution in [3.05, 3.63) is 65.2 Å². The number of para-hydroxylation sites is 1. The highest BCUT2D eigenvalue weighted by Gasteiger charge is 2.23. The first-order valence-electron chi connectivity index (χ1n) is 10.3. The van der Waals surface area contributed by atoms with E-state index in [-0.39, 0.29) is 5.41 Å². The molecule has 3 N–H and O–H groups in total. The molecule has 6 nitrogen and oxygen atoms in total. The molecule has 0 aromatic heterocycles. The number of rotatable bonds is 5. The van der Waals surface area contributed by atoms with Gasteiger partial charge < -0.3 is 15.4 Å². The maximum atomic E-state index is 12.2. The van der Waals surface area contributed by atoms with Gasteiger partial charge in [0.2, 0.25) is 0 Å². The number of nitrogens with one attached hydrogen (secondary N) is 2. The standard InChI is InChI=1S/C24H33N3O3S/c1-23(2,3)19-13-11-17(12-14-19)15-25-21(31)26-16-18-9-7-8-10-20(18)27(29)22(28)30-24(4,5)6/h7-14,29H,15-16H2,1-6H3,(H2,25,26,31). The topological polar surface area (TPSA) is 73.8 Å². The lowest BCUT2D eigenvalue weighted by Gasteiger charge is -2.24. The van der Waals surface area contributed by atoms with E-state index in [1.807, 2.05) is 12.1 Å². The Hall–Kier alpha value is -2.64. The van der Waals surface area contributed by atoms with E-state index in [0.717, 1.165) is 5.56 Å². The molecule has 2 aromatic carbocycles. The number of thiocarbonyl (C=S) groups is 1. The largest absolute Gasteiger partial charge is 0.442 e. The third-order valence-electron chi connectivity index (χ3n) is 4.50. The molecule has 2 rings (SSSR count). The first-order chi connectivity index (χ1) is 14.4. The molecule has 0 radical (unpaired) electrons. The molecular weight excluding hydrogens is 410 g/mol. The van der Waals surface area contributed by atoms with Crippen molar-refractivity contribution in [2.24, 2.45) is 0 Å². The predicted molar refractivity (Wildman–Crippen MR) is 128 cm³/mol. The van der Waals surface area contributed by atoms with Gasteiger partial charge in [-0.3, -0.25) is 5.21 Å². The maximum Gasteiger partial charge on any atom is 0.439 e. The number of nitrogens with zero attached hydrogens (tertiary/aromatic N) is 1. The van der Waals surface area contributed by atoms with Gasteiger partial charge in [0.15, 0.2) is 5.11 Å². The van der Waals surface area contributed by atoms with Crippen LogP contribution in [0.3, 0.4) is 0 Å². The summed E-state index contributed by atoms with van der Waals surface area (Å²) in [5, 5.41) is 17.6. The van der Waals surface area contributed by atoms with Crippen LogP contribution in [0.4, 0.5) is 10.5 Å². The van der Waals surface area contributed by atoms with E-state index in [4.69, 9.17) is 17.0 Å². The van der Waals surface area contributed by atoms with Crippen LogP contribution in [0, 0.1) is 0 Å². The molecule has 0 saturated heterocycles. The first-order valence-corrected chi connectivity index (χ1v) is 10.7. The normalized spacial score (nSPS) is 11.6. The summed E-state index contributed by atoms with van der Waals surface area (Å²) in [6, 6.07) is 15.5. The van der Waals surface area contributed by atoms with E-state index in [0.29, 0.717) is 34.5 Å². The van der Waals surface area contributed by atoms with Crippen LogP contribution in [0.2, 0.25) is 0 Å². The van der Waals surface area contributed by atoms with Crippen molar-refractivity contribution < 1.29 is 14.7 Å². The van der Waals surface area contributed by atoms with Gasteiger partial charge in [-0.1, -0.05) is 63.2 Å².